The Balaban J connectivity index is 1.71. The van der Waals surface area contributed by atoms with Gasteiger partial charge in [0.2, 0.25) is 0 Å². The van der Waals surface area contributed by atoms with Gasteiger partial charge in [-0.05, 0) is 52.3 Å². The van der Waals surface area contributed by atoms with Crippen molar-refractivity contribution < 1.29 is 13.9 Å². The highest BCUT2D eigenvalue weighted by atomic mass is 79.9. The predicted molar refractivity (Wildman–Crippen MR) is 92.0 cm³/mol. The number of halogens is 1. The highest BCUT2D eigenvalue weighted by molar-refractivity contribution is 9.10. The van der Waals surface area contributed by atoms with Crippen LogP contribution in [0.3, 0.4) is 0 Å². The van der Waals surface area contributed by atoms with Crippen LogP contribution < -0.4 is 10.2 Å². The van der Waals surface area contributed by atoms with E-state index in [2.05, 4.69) is 36.7 Å². The van der Waals surface area contributed by atoms with E-state index in [1.54, 1.807) is 25.4 Å². The molecule has 0 unspecified atom stereocenters. The number of furan rings is 1. The molecule has 0 radical (unpaired) electrons. The number of aromatic nitrogens is 2. The number of carbonyl (C=O) groups is 1. The highest BCUT2D eigenvalue weighted by Gasteiger charge is 2.10. The highest BCUT2D eigenvalue weighted by Crippen LogP contribution is 2.22. The second kappa shape index (κ2) is 7.14. The van der Waals surface area contributed by atoms with Crippen LogP contribution in [0.1, 0.15) is 16.1 Å². The molecule has 0 aliphatic carbocycles. The van der Waals surface area contributed by atoms with Gasteiger partial charge in [-0.25, -0.2) is 5.43 Å². The summed E-state index contributed by atoms with van der Waals surface area (Å²) in [4.78, 5) is 11.8. The molecular weight excluding hydrogens is 376 g/mol. The monoisotopic (exact) mass is 388 g/mol. The number of benzene rings is 1. The minimum absolute atomic E-state index is 0.168. The third kappa shape index (κ3) is 3.54. The van der Waals surface area contributed by atoms with Crippen LogP contribution >= 0.6 is 15.9 Å². The zero-order chi connectivity index (χ0) is 16.9. The Morgan fingerprint density at radius 3 is 2.79 bits per heavy atom. The standard InChI is InChI=1S/C16H13BrN4O3/c1-23-12-4-2-10(3-5-12)15-11(8-18-20-15)9-19-21-16(22)13-6-7-14(17)24-13/h2-9H,1H3,(H,18,20)(H,21,22)/b19-9+. The lowest BCUT2D eigenvalue weighted by Gasteiger charge is -2.02. The summed E-state index contributed by atoms with van der Waals surface area (Å²) in [7, 11) is 1.61. The number of ether oxygens (including phenoxy) is 1. The summed E-state index contributed by atoms with van der Waals surface area (Å²) >= 11 is 3.14. The maximum Gasteiger partial charge on any atom is 0.307 e. The van der Waals surface area contributed by atoms with E-state index >= 15 is 0 Å². The Morgan fingerprint density at radius 1 is 1.33 bits per heavy atom. The Labute approximate surface area is 145 Å². The van der Waals surface area contributed by atoms with Crippen LogP contribution in [0.15, 0.2) is 56.8 Å². The molecule has 8 heteroatoms. The Morgan fingerprint density at radius 2 is 2.12 bits per heavy atom. The van der Waals surface area contributed by atoms with Crippen molar-refractivity contribution in [3.63, 3.8) is 0 Å². The molecule has 3 rings (SSSR count). The van der Waals surface area contributed by atoms with E-state index in [4.69, 9.17) is 9.15 Å². The van der Waals surface area contributed by atoms with Crippen LogP contribution in [0.2, 0.25) is 0 Å². The topological polar surface area (TPSA) is 92.5 Å². The van der Waals surface area contributed by atoms with E-state index in [1.165, 1.54) is 6.21 Å². The first-order valence-electron chi connectivity index (χ1n) is 6.94. The van der Waals surface area contributed by atoms with Crippen molar-refractivity contribution in [2.24, 2.45) is 5.10 Å². The second-order valence-corrected chi connectivity index (χ2v) is 5.51. The van der Waals surface area contributed by atoms with E-state index in [-0.39, 0.29) is 5.76 Å². The zero-order valence-corrected chi connectivity index (χ0v) is 14.2. The summed E-state index contributed by atoms with van der Waals surface area (Å²) in [6.07, 6.45) is 3.14. The molecule has 0 aliphatic heterocycles. The lowest BCUT2D eigenvalue weighted by atomic mass is 10.1. The van der Waals surface area contributed by atoms with Crippen molar-refractivity contribution in [3.8, 4) is 17.0 Å². The number of nitrogens with one attached hydrogen (secondary N) is 2. The molecule has 0 fully saturated rings. The number of amides is 1. The summed E-state index contributed by atoms with van der Waals surface area (Å²) in [6.45, 7) is 0. The molecule has 1 amide bonds. The number of carbonyl (C=O) groups excluding carboxylic acids is 1. The Hall–Kier alpha value is -2.87. The molecule has 7 nitrogen and oxygen atoms in total. The van der Waals surface area contributed by atoms with Gasteiger partial charge in [0.05, 0.1) is 25.2 Å². The molecule has 122 valence electrons. The van der Waals surface area contributed by atoms with Crippen LogP contribution in [-0.4, -0.2) is 29.4 Å². The van der Waals surface area contributed by atoms with E-state index in [9.17, 15) is 4.79 Å². The van der Waals surface area contributed by atoms with E-state index < -0.39 is 5.91 Å². The van der Waals surface area contributed by atoms with Gasteiger partial charge < -0.3 is 9.15 Å². The number of hydrogen-bond donors (Lipinski definition) is 2. The number of hydrogen-bond acceptors (Lipinski definition) is 5. The van der Waals surface area contributed by atoms with Crippen molar-refractivity contribution in [1.29, 1.82) is 0 Å². The first kappa shape index (κ1) is 16.0. The van der Waals surface area contributed by atoms with Gasteiger partial charge in [-0.15, -0.1) is 0 Å². The average Bonchev–Trinajstić information content (AvgIpc) is 3.24. The molecule has 0 bridgehead atoms. The van der Waals surface area contributed by atoms with Crippen LogP contribution in [0, 0.1) is 0 Å². The molecule has 2 N–H and O–H groups in total. The molecule has 2 aromatic heterocycles. The second-order valence-electron chi connectivity index (χ2n) is 4.73. The average molecular weight is 389 g/mol. The fraction of sp³-hybridized carbons (Fsp3) is 0.0625. The van der Waals surface area contributed by atoms with Crippen molar-refractivity contribution in [3.05, 3.63) is 58.6 Å². The molecule has 0 spiro atoms. The van der Waals surface area contributed by atoms with Gasteiger partial charge in [-0.2, -0.15) is 10.2 Å². The summed E-state index contributed by atoms with van der Waals surface area (Å²) in [6, 6.07) is 10.7. The summed E-state index contributed by atoms with van der Waals surface area (Å²) in [5.41, 5.74) is 4.85. The van der Waals surface area contributed by atoms with E-state index in [0.29, 0.717) is 4.67 Å². The van der Waals surface area contributed by atoms with Crippen LogP contribution in [0.4, 0.5) is 0 Å². The lowest BCUT2D eigenvalue weighted by molar-refractivity contribution is 0.0926. The lowest BCUT2D eigenvalue weighted by Crippen LogP contribution is -2.16. The fourth-order valence-corrected chi connectivity index (χ4v) is 2.34. The zero-order valence-electron chi connectivity index (χ0n) is 12.6. The molecule has 0 aliphatic rings. The number of aromatic amines is 1. The fourth-order valence-electron chi connectivity index (χ4n) is 2.03. The number of H-pyrrole nitrogens is 1. The normalized spacial score (nSPS) is 10.9. The van der Waals surface area contributed by atoms with Gasteiger partial charge in [-0.3, -0.25) is 9.89 Å². The largest absolute Gasteiger partial charge is 0.497 e. The van der Waals surface area contributed by atoms with E-state index in [1.807, 2.05) is 24.3 Å². The van der Waals surface area contributed by atoms with Crippen molar-refractivity contribution in [2.75, 3.05) is 7.11 Å². The minimum atomic E-state index is -0.438. The third-order valence-electron chi connectivity index (χ3n) is 3.21. The number of hydrazone groups is 1. The quantitative estimate of drug-likeness (QED) is 0.518. The van der Waals surface area contributed by atoms with Gasteiger partial charge in [0, 0.05) is 11.1 Å². The van der Waals surface area contributed by atoms with Gasteiger partial charge in [-0.1, -0.05) is 0 Å². The van der Waals surface area contributed by atoms with Gasteiger partial charge in [0.25, 0.3) is 0 Å². The molecule has 0 saturated heterocycles. The summed E-state index contributed by atoms with van der Waals surface area (Å²) < 4.78 is 10.8. The molecule has 2 heterocycles. The molecule has 0 saturated carbocycles. The van der Waals surface area contributed by atoms with E-state index in [0.717, 1.165) is 22.6 Å². The molecule has 3 aromatic rings. The molecular formula is C16H13BrN4O3. The smallest absolute Gasteiger partial charge is 0.307 e. The van der Waals surface area contributed by atoms with Crippen LogP contribution in [0.25, 0.3) is 11.3 Å². The first-order chi connectivity index (χ1) is 11.7. The maximum atomic E-state index is 11.8. The van der Waals surface area contributed by atoms with Gasteiger partial charge >= 0.3 is 5.91 Å². The van der Waals surface area contributed by atoms with Crippen molar-refractivity contribution in [1.82, 2.24) is 15.6 Å². The SMILES string of the molecule is COc1ccc(-c2[nH]ncc2/C=N/NC(=O)c2ccc(Br)o2)cc1. The molecule has 1 aromatic carbocycles. The number of nitrogens with zero attached hydrogens (tertiary/aromatic N) is 2. The predicted octanol–water partition coefficient (Wildman–Crippen LogP) is 3.20. The number of methoxy groups -OCH3 is 1. The van der Waals surface area contributed by atoms with Gasteiger partial charge in [0.1, 0.15) is 5.75 Å². The Kier molecular flexibility index (Phi) is 4.76. The maximum absolute atomic E-state index is 11.8. The minimum Gasteiger partial charge on any atom is -0.497 e. The van der Waals surface area contributed by atoms with Crippen LogP contribution in [0.5, 0.6) is 5.75 Å². The van der Waals surface area contributed by atoms with Crippen LogP contribution in [-0.2, 0) is 0 Å². The molecule has 0 atom stereocenters. The Bertz CT molecular complexity index is 868. The summed E-state index contributed by atoms with van der Waals surface area (Å²) in [5.74, 6) is 0.499. The summed E-state index contributed by atoms with van der Waals surface area (Å²) in [5, 5.41) is 10.9. The third-order valence-corrected chi connectivity index (χ3v) is 3.64. The van der Waals surface area contributed by atoms with Crippen molar-refractivity contribution in [2.45, 2.75) is 0 Å². The number of rotatable bonds is 5. The van der Waals surface area contributed by atoms with Gasteiger partial charge in [0.15, 0.2) is 10.4 Å². The van der Waals surface area contributed by atoms with Crippen molar-refractivity contribution >= 4 is 28.1 Å². The molecule has 24 heavy (non-hydrogen) atoms. The first-order valence-corrected chi connectivity index (χ1v) is 7.73.